The number of aliphatic hydroxyl groups excluding tert-OH is 2. The van der Waals surface area contributed by atoms with Crippen LogP contribution in [0.5, 0.6) is 0 Å². The molecule has 0 aromatic carbocycles. The first kappa shape index (κ1) is 17.0. The molecule has 0 aliphatic carbocycles. The molecule has 5 atom stereocenters. The molecule has 0 bridgehead atoms. The number of rotatable bonds is 6. The summed E-state index contributed by atoms with van der Waals surface area (Å²) in [6.07, 6.45) is -5.40. The van der Waals surface area contributed by atoms with Crippen molar-refractivity contribution in [2.45, 2.75) is 24.5 Å². The highest BCUT2D eigenvalue weighted by atomic mass is 31.2. The number of aliphatic hydroxyl groups is 2. The molecule has 10 nitrogen and oxygen atoms in total. The fraction of sp³-hybridized carbons (Fsp3) is 0.600. The maximum absolute atomic E-state index is 12.2. The van der Waals surface area contributed by atoms with Gasteiger partial charge in [0.2, 0.25) is 0 Å². The summed E-state index contributed by atoms with van der Waals surface area (Å²) in [5.74, 6) is 0.127. The first-order valence-electron chi connectivity index (χ1n) is 6.15. The molecule has 1 unspecified atom stereocenters. The summed E-state index contributed by atoms with van der Waals surface area (Å²) in [5, 5.41) is 23.7. The third kappa shape index (κ3) is 3.51. The van der Waals surface area contributed by atoms with Crippen LogP contribution in [0.15, 0.2) is 12.9 Å². The highest BCUT2D eigenvalue weighted by molar-refractivity contribution is 7.52. The first-order valence-corrected chi connectivity index (χ1v) is 7.91. The molecule has 1 saturated heterocycles. The van der Waals surface area contributed by atoms with Crippen LogP contribution in [0, 0.1) is 0 Å². The van der Waals surface area contributed by atoms with Gasteiger partial charge < -0.3 is 30.1 Å². The van der Waals surface area contributed by atoms with Gasteiger partial charge >= 0.3 is 7.60 Å². The molecule has 1 aliphatic heterocycles. The van der Waals surface area contributed by atoms with E-state index < -0.39 is 45.2 Å². The molecule has 1 aromatic rings. The van der Waals surface area contributed by atoms with Gasteiger partial charge in [-0.1, -0.05) is 6.58 Å². The molecule has 1 fully saturated rings. The van der Waals surface area contributed by atoms with E-state index >= 15 is 0 Å². The maximum atomic E-state index is 12.2. The minimum Gasteiger partial charge on any atom is -0.396 e. The Morgan fingerprint density at radius 2 is 2.27 bits per heavy atom. The average molecular weight is 338 g/mol. The molecule has 5 N–H and O–H groups in total. The molecule has 0 spiro atoms. The van der Waals surface area contributed by atoms with E-state index in [0.717, 1.165) is 4.68 Å². The van der Waals surface area contributed by atoms with Crippen LogP contribution in [0.25, 0.3) is 5.70 Å². The van der Waals surface area contributed by atoms with Gasteiger partial charge in [0.25, 0.3) is 0 Å². The third-order valence-corrected chi connectivity index (χ3v) is 3.84. The maximum Gasteiger partial charge on any atom is 0.358 e. The second-order valence-electron chi connectivity index (χ2n) is 4.67. The summed E-state index contributed by atoms with van der Waals surface area (Å²) in [7, 11) is -4.38. The van der Waals surface area contributed by atoms with E-state index in [1.165, 1.54) is 6.33 Å². The molecule has 124 valence electrons. The van der Waals surface area contributed by atoms with E-state index in [-0.39, 0.29) is 11.5 Å². The summed E-state index contributed by atoms with van der Waals surface area (Å²) in [6.45, 7) is 2.88. The van der Waals surface area contributed by atoms with E-state index in [1.54, 1.807) is 0 Å². The van der Waals surface area contributed by atoms with Gasteiger partial charge in [0, 0.05) is 0 Å². The lowest BCUT2D eigenvalue weighted by Gasteiger charge is -2.16. The number of hydrogen-bond donors (Lipinski definition) is 4. The zero-order chi connectivity index (χ0) is 16.5. The van der Waals surface area contributed by atoms with Crippen molar-refractivity contribution in [1.82, 2.24) is 14.8 Å². The minimum absolute atomic E-state index is 0.107. The molecule has 1 aliphatic rings. The molecular formula is C10H16FN4O6P. The third-order valence-electron chi connectivity index (χ3n) is 2.99. The summed E-state index contributed by atoms with van der Waals surface area (Å²) in [5.41, 5.74) is 5.53. The fourth-order valence-electron chi connectivity index (χ4n) is 1.85. The van der Waals surface area contributed by atoms with Crippen LogP contribution in [-0.2, 0) is 13.8 Å². The van der Waals surface area contributed by atoms with E-state index in [4.69, 9.17) is 15.4 Å². The van der Waals surface area contributed by atoms with Crippen molar-refractivity contribution in [1.29, 1.82) is 0 Å². The highest BCUT2D eigenvalue weighted by Crippen LogP contribution is 2.43. The van der Waals surface area contributed by atoms with Gasteiger partial charge in [-0.3, -0.25) is 4.57 Å². The first-order chi connectivity index (χ1) is 10.2. The van der Waals surface area contributed by atoms with Crippen molar-refractivity contribution in [3.05, 3.63) is 18.7 Å². The van der Waals surface area contributed by atoms with Crippen LogP contribution >= 0.6 is 7.60 Å². The Labute approximate surface area is 124 Å². The molecular weight excluding hydrogens is 322 g/mol. The Bertz CT molecular complexity index is 598. The summed E-state index contributed by atoms with van der Waals surface area (Å²) in [6, 6.07) is 0. The van der Waals surface area contributed by atoms with Crippen LogP contribution in [0.3, 0.4) is 0 Å². The Balaban J connectivity index is 2.06. The number of ether oxygens (including phenoxy) is 1. The highest BCUT2D eigenvalue weighted by Gasteiger charge is 2.45. The molecule has 2 rings (SSSR count). The van der Waals surface area contributed by atoms with Crippen LogP contribution < -0.4 is 5.73 Å². The van der Waals surface area contributed by atoms with Crippen molar-refractivity contribution in [2.75, 3.05) is 13.0 Å². The molecule has 1 aromatic heterocycles. The van der Waals surface area contributed by atoms with Crippen molar-refractivity contribution < 1.29 is 33.3 Å². The van der Waals surface area contributed by atoms with Gasteiger partial charge in [-0.15, -0.1) is 5.10 Å². The monoisotopic (exact) mass is 338 g/mol. The van der Waals surface area contributed by atoms with Crippen molar-refractivity contribution in [3.63, 3.8) is 0 Å². The summed E-state index contributed by atoms with van der Waals surface area (Å²) >= 11 is 0. The normalized spacial score (nSPS) is 31.1. The molecule has 2 heterocycles. The predicted molar refractivity (Wildman–Crippen MR) is 70.9 cm³/mol. The van der Waals surface area contributed by atoms with E-state index in [0.29, 0.717) is 0 Å². The minimum atomic E-state index is -4.38. The van der Waals surface area contributed by atoms with E-state index in [1.807, 2.05) is 0 Å². The lowest BCUT2D eigenvalue weighted by atomic mass is 10.1. The average Bonchev–Trinajstić information content (AvgIpc) is 3.05. The van der Waals surface area contributed by atoms with Gasteiger partial charge in [0.1, 0.15) is 24.6 Å². The Kier molecular flexibility index (Phi) is 4.95. The van der Waals surface area contributed by atoms with E-state index in [9.17, 15) is 19.2 Å². The number of aromatic nitrogens is 3. The zero-order valence-electron chi connectivity index (χ0n) is 11.3. The lowest BCUT2D eigenvalue weighted by molar-refractivity contribution is -0.0566. The number of halogens is 1. The number of alkyl halides is 1. The van der Waals surface area contributed by atoms with Crippen LogP contribution in [-0.4, -0.2) is 61.2 Å². The molecule has 22 heavy (non-hydrogen) atoms. The quantitative estimate of drug-likeness (QED) is 0.476. The second-order valence-corrected chi connectivity index (χ2v) is 6.44. The lowest BCUT2D eigenvalue weighted by Crippen LogP contribution is -2.33. The van der Waals surface area contributed by atoms with Crippen molar-refractivity contribution in [2.24, 2.45) is 5.73 Å². The number of nitrogens with two attached hydrogens (primary N) is 1. The predicted octanol–water partition coefficient (Wildman–Crippen LogP) is -1.04. The summed E-state index contributed by atoms with van der Waals surface area (Å²) in [4.78, 5) is 12.8. The fourth-order valence-corrected chi connectivity index (χ4v) is 2.30. The SMILES string of the molecule is C=C(N)c1ncn([C@@H]2O[C@H](COP(=O)(O)CF)[C@@H](O)[C@H]2O)n1. The van der Waals surface area contributed by atoms with Crippen LogP contribution in [0.2, 0.25) is 0 Å². The number of hydrogen-bond acceptors (Lipinski definition) is 8. The van der Waals surface area contributed by atoms with Gasteiger partial charge in [-0.25, -0.2) is 14.1 Å². The standard InChI is InChI=1S/C10H16FN4O6P/c1-5(12)9-13-4-15(14-9)10-8(17)7(16)6(21-10)2-20-22(18,19)3-11/h4,6-8,10,16-17H,1-3,12H2,(H,18,19)/t6-,7-,8-,10-/m1/s1. The topological polar surface area (TPSA) is 153 Å². The summed E-state index contributed by atoms with van der Waals surface area (Å²) < 4.78 is 34.2. The van der Waals surface area contributed by atoms with Gasteiger partial charge in [0.15, 0.2) is 18.5 Å². The Hall–Kier alpha value is -1.36. The van der Waals surface area contributed by atoms with Crippen LogP contribution in [0.1, 0.15) is 12.1 Å². The molecule has 0 radical (unpaired) electrons. The molecule has 12 heteroatoms. The number of nitrogens with zero attached hydrogens (tertiary/aromatic N) is 3. The zero-order valence-corrected chi connectivity index (χ0v) is 12.2. The molecule has 0 amide bonds. The molecule has 0 saturated carbocycles. The second kappa shape index (κ2) is 6.41. The van der Waals surface area contributed by atoms with Crippen molar-refractivity contribution >= 4 is 13.3 Å². The van der Waals surface area contributed by atoms with Gasteiger partial charge in [0.05, 0.1) is 12.3 Å². The smallest absolute Gasteiger partial charge is 0.358 e. The van der Waals surface area contributed by atoms with Crippen LogP contribution in [0.4, 0.5) is 4.39 Å². The Morgan fingerprint density at radius 1 is 1.59 bits per heavy atom. The van der Waals surface area contributed by atoms with Crippen molar-refractivity contribution in [3.8, 4) is 0 Å². The Morgan fingerprint density at radius 3 is 2.82 bits per heavy atom. The van der Waals surface area contributed by atoms with Gasteiger partial charge in [-0.05, 0) is 0 Å². The van der Waals surface area contributed by atoms with E-state index in [2.05, 4.69) is 21.2 Å². The van der Waals surface area contributed by atoms with Gasteiger partial charge in [-0.2, -0.15) is 0 Å². The largest absolute Gasteiger partial charge is 0.396 e.